The Hall–Kier alpha value is -0.500. The molecule has 0 bridgehead atoms. The lowest BCUT2D eigenvalue weighted by Crippen LogP contribution is -2.43. The summed E-state index contributed by atoms with van der Waals surface area (Å²) in [7, 11) is -8.45. The van der Waals surface area contributed by atoms with Crippen LogP contribution in [0.1, 0.15) is 0 Å². The fourth-order valence-corrected chi connectivity index (χ4v) is 9.26. The lowest BCUT2D eigenvalue weighted by atomic mass is 10.0. The third kappa shape index (κ3) is 5.05. The maximum Gasteiger partial charge on any atom is 0.488 e. The lowest BCUT2D eigenvalue weighted by molar-refractivity contribution is -0.119. The van der Waals surface area contributed by atoms with Gasteiger partial charge in [0.25, 0.3) is 5.91 Å². The molecule has 0 aromatic heterocycles. The number of rotatable bonds is 4. The van der Waals surface area contributed by atoms with Gasteiger partial charge in [-0.05, 0) is 11.8 Å². The van der Waals surface area contributed by atoms with Gasteiger partial charge in [-0.3, -0.25) is 4.79 Å². The second-order valence-corrected chi connectivity index (χ2v) is 12.4. The average Bonchev–Trinajstić information content (AvgIpc) is 2.81. The summed E-state index contributed by atoms with van der Waals surface area (Å²) in [5.41, 5.74) is -0.00452. The van der Waals surface area contributed by atoms with Crippen LogP contribution in [0.15, 0.2) is 24.2 Å². The Morgan fingerprint density at radius 1 is 1.24 bits per heavy atom. The van der Waals surface area contributed by atoms with Crippen molar-refractivity contribution >= 4 is 40.1 Å². The Bertz CT molecular complexity index is 882. The minimum Gasteiger partial charge on any atom is -0.387 e. The first-order valence-electron chi connectivity index (χ1n) is 7.72. The summed E-state index contributed by atoms with van der Waals surface area (Å²) in [6, 6.07) is 0. The van der Waals surface area contributed by atoms with E-state index < -0.39 is 59.3 Å². The number of hydrogen-bond donors (Lipinski definition) is 5. The zero-order chi connectivity index (χ0) is 21.8. The molecule has 3 aliphatic rings. The van der Waals surface area contributed by atoms with Crippen molar-refractivity contribution in [3.8, 4) is 0 Å². The van der Waals surface area contributed by atoms with E-state index in [9.17, 15) is 33.9 Å². The number of ether oxygens (including phenoxy) is 1. The summed E-state index contributed by atoms with van der Waals surface area (Å²) in [4.78, 5) is 32.2. The van der Waals surface area contributed by atoms with Crippen LogP contribution in [-0.2, 0) is 47.9 Å². The van der Waals surface area contributed by atoms with Gasteiger partial charge >= 0.3 is 22.4 Å². The van der Waals surface area contributed by atoms with Crippen molar-refractivity contribution in [2.75, 3.05) is 13.7 Å². The molecule has 0 aromatic carbocycles. The molecule has 1 amide bonds. The van der Waals surface area contributed by atoms with Crippen LogP contribution in [0, 0.1) is 0 Å². The molecule has 0 radical (unpaired) electrons. The van der Waals surface area contributed by atoms with Gasteiger partial charge in [0.05, 0.1) is 12.2 Å². The molecule has 0 spiro atoms. The minimum absolute atomic E-state index is 0.00452. The predicted molar refractivity (Wildman–Crippen MR) is 96.9 cm³/mol. The monoisotopic (exact) mass is 494 g/mol. The summed E-state index contributed by atoms with van der Waals surface area (Å²) in [5.74, 6) is -0.308. The molecular formula is C11H17N2O12P3S. The van der Waals surface area contributed by atoms with Gasteiger partial charge in [0, 0.05) is 13.2 Å². The highest BCUT2D eigenvalue weighted by molar-refractivity contribution is 8.11. The van der Waals surface area contributed by atoms with Crippen molar-refractivity contribution in [2.45, 2.75) is 24.4 Å². The second kappa shape index (κ2) is 7.88. The van der Waals surface area contributed by atoms with Crippen LogP contribution in [0.5, 0.6) is 0 Å². The normalized spacial score (nSPS) is 45.8. The first kappa shape index (κ1) is 23.2. The van der Waals surface area contributed by atoms with E-state index in [0.29, 0.717) is 5.82 Å². The SMILES string of the molecule is C=C1NC(=O)C([C@@H]2O[C@H](COP3(=S)OP(=O)(O)OP(=O)(O)O3)C(O)[C@@H]2O)=CN1C. The number of aliphatic hydroxyl groups is 2. The molecule has 14 nitrogen and oxygen atoms in total. The van der Waals surface area contributed by atoms with Crippen LogP contribution >= 0.6 is 22.4 Å². The van der Waals surface area contributed by atoms with Gasteiger partial charge in [-0.15, -0.1) is 0 Å². The van der Waals surface area contributed by atoms with E-state index in [1.54, 1.807) is 7.05 Å². The van der Waals surface area contributed by atoms with Crippen LogP contribution in [0.2, 0.25) is 0 Å². The van der Waals surface area contributed by atoms with Gasteiger partial charge in [0.2, 0.25) is 0 Å². The van der Waals surface area contributed by atoms with Gasteiger partial charge in [-0.2, -0.15) is 4.31 Å². The molecule has 3 aliphatic heterocycles. The van der Waals surface area contributed by atoms with Gasteiger partial charge in [0.15, 0.2) is 0 Å². The molecule has 18 heteroatoms. The summed E-state index contributed by atoms with van der Waals surface area (Å²) in [5, 5.41) is 22.9. The third-order valence-electron chi connectivity index (χ3n) is 3.96. The van der Waals surface area contributed by atoms with Crippen LogP contribution in [-0.4, -0.2) is 68.9 Å². The molecule has 6 atom stereocenters. The topological polar surface area (TPSA) is 194 Å². The van der Waals surface area contributed by atoms with Crippen molar-refractivity contribution in [1.29, 1.82) is 0 Å². The Labute approximate surface area is 169 Å². The van der Waals surface area contributed by atoms with E-state index in [1.165, 1.54) is 11.1 Å². The van der Waals surface area contributed by atoms with Gasteiger partial charge in [0.1, 0.15) is 30.2 Å². The van der Waals surface area contributed by atoms with Crippen LogP contribution in [0.25, 0.3) is 0 Å². The summed E-state index contributed by atoms with van der Waals surface area (Å²) in [6.45, 7) is -1.29. The summed E-state index contributed by atoms with van der Waals surface area (Å²) < 4.78 is 46.3. The summed E-state index contributed by atoms with van der Waals surface area (Å²) >= 11 is 4.76. The van der Waals surface area contributed by atoms with Crippen molar-refractivity contribution in [3.63, 3.8) is 0 Å². The molecule has 3 unspecified atom stereocenters. The molecule has 0 aromatic rings. The molecular weight excluding hydrogens is 477 g/mol. The van der Waals surface area contributed by atoms with Crippen molar-refractivity contribution in [2.24, 2.45) is 0 Å². The molecule has 2 fully saturated rings. The maximum atomic E-state index is 12.1. The molecule has 164 valence electrons. The Morgan fingerprint density at radius 2 is 1.83 bits per heavy atom. The standard InChI is InChI=1S/C11H17N2O12P3S/c1-5-12-11(16)6(3-13(5)2)10-9(15)8(14)7(22-10)4-21-28(29)24-26(17,18)23-27(19,20)25-28/h3,7-10,14-15H,1,4H2,2H3,(H,12,16)(H,17,18)(H,19,20)/t7-,8?,9+,10+/m1/s1. The number of phosphoric acid groups is 2. The fourth-order valence-electron chi connectivity index (χ4n) is 2.62. The number of carbonyl (C=O) groups excluding carboxylic acids is 1. The second-order valence-electron chi connectivity index (χ2n) is 6.10. The van der Waals surface area contributed by atoms with E-state index in [0.717, 1.165) is 0 Å². The van der Waals surface area contributed by atoms with E-state index >= 15 is 0 Å². The molecule has 3 heterocycles. The zero-order valence-electron chi connectivity index (χ0n) is 14.6. The number of hydrogen-bond acceptors (Lipinski definition) is 12. The Kier molecular flexibility index (Phi) is 6.30. The number of amides is 1. The number of aliphatic hydroxyl groups excluding tert-OH is 2. The largest absolute Gasteiger partial charge is 0.488 e. The van der Waals surface area contributed by atoms with Gasteiger partial charge in [-0.1, -0.05) is 6.58 Å². The first-order valence-corrected chi connectivity index (χ1v) is 13.3. The van der Waals surface area contributed by atoms with Crippen LogP contribution in [0.4, 0.5) is 0 Å². The van der Waals surface area contributed by atoms with Gasteiger partial charge in [-0.25, -0.2) is 17.8 Å². The van der Waals surface area contributed by atoms with Crippen LogP contribution < -0.4 is 5.32 Å². The molecule has 5 N–H and O–H groups in total. The van der Waals surface area contributed by atoms with Crippen molar-refractivity contribution in [1.82, 2.24) is 10.2 Å². The quantitative estimate of drug-likeness (QED) is 0.311. The number of nitrogens with zero attached hydrogens (tertiary/aromatic N) is 1. The fraction of sp³-hybridized carbons (Fsp3) is 0.545. The molecule has 0 aliphatic carbocycles. The van der Waals surface area contributed by atoms with Crippen molar-refractivity contribution in [3.05, 3.63) is 24.2 Å². The highest BCUT2D eigenvalue weighted by Crippen LogP contribution is 2.80. The van der Waals surface area contributed by atoms with E-state index in [4.69, 9.17) is 21.1 Å². The zero-order valence-corrected chi connectivity index (χ0v) is 18.1. The number of nitrogens with one attached hydrogen (secondary N) is 1. The lowest BCUT2D eigenvalue weighted by Gasteiger charge is -2.30. The molecule has 3 rings (SSSR count). The first-order chi connectivity index (χ1) is 13.2. The van der Waals surface area contributed by atoms with E-state index in [2.05, 4.69) is 24.8 Å². The van der Waals surface area contributed by atoms with Crippen molar-refractivity contribution < 1.29 is 56.1 Å². The molecule has 29 heavy (non-hydrogen) atoms. The maximum absolute atomic E-state index is 12.1. The predicted octanol–water partition coefficient (Wildman–Crippen LogP) is -0.602. The highest BCUT2D eigenvalue weighted by atomic mass is 32.5. The van der Waals surface area contributed by atoms with Crippen LogP contribution in [0.3, 0.4) is 0 Å². The molecule has 0 saturated carbocycles. The average molecular weight is 494 g/mol. The highest BCUT2D eigenvalue weighted by Gasteiger charge is 2.52. The minimum atomic E-state index is -5.02. The van der Waals surface area contributed by atoms with E-state index in [-0.39, 0.29) is 5.57 Å². The number of carbonyl (C=O) groups is 1. The smallest absolute Gasteiger partial charge is 0.387 e. The summed E-state index contributed by atoms with van der Waals surface area (Å²) in [6.07, 6.45) is -4.28. The third-order valence-corrected chi connectivity index (χ3v) is 10.8. The molecule has 2 saturated heterocycles. The Balaban J connectivity index is 1.72. The Morgan fingerprint density at radius 3 is 2.41 bits per heavy atom. The van der Waals surface area contributed by atoms with Gasteiger partial charge < -0.3 is 39.5 Å². The van der Waals surface area contributed by atoms with E-state index in [1.807, 2.05) is 0 Å².